The molecule has 1 aromatic carbocycles. The molecule has 152 valence electrons. The van der Waals surface area contributed by atoms with E-state index in [1.807, 2.05) is 13.8 Å². The first kappa shape index (κ1) is 19.0. The largest absolute Gasteiger partial charge is 0.374 e. The van der Waals surface area contributed by atoms with E-state index in [1.165, 1.54) is 15.6 Å². The summed E-state index contributed by atoms with van der Waals surface area (Å²) in [4.78, 5) is 9.04. The minimum absolute atomic E-state index is 0.289. The van der Waals surface area contributed by atoms with E-state index in [0.29, 0.717) is 40.3 Å². The minimum atomic E-state index is -2.50. The molecule has 3 aromatic heterocycles. The Morgan fingerprint density at radius 3 is 2.76 bits per heavy atom. The molecule has 0 unspecified atom stereocenters. The molecule has 0 saturated heterocycles. The van der Waals surface area contributed by atoms with E-state index >= 15 is 0 Å². The first-order valence-corrected chi connectivity index (χ1v) is 9.11. The van der Waals surface area contributed by atoms with Gasteiger partial charge in [-0.1, -0.05) is 6.07 Å². The predicted molar refractivity (Wildman–Crippen MR) is 105 cm³/mol. The smallest absolute Gasteiger partial charge is 0.257 e. The van der Waals surface area contributed by atoms with Crippen molar-refractivity contribution in [2.75, 3.05) is 17.2 Å². The van der Waals surface area contributed by atoms with Crippen molar-refractivity contribution in [3.05, 3.63) is 30.1 Å². The third kappa shape index (κ3) is 3.44. The Morgan fingerprint density at radius 1 is 1.21 bits per heavy atom. The average Bonchev–Trinajstić information content (AvgIpc) is 3.23. The molecule has 0 aliphatic rings. The summed E-state index contributed by atoms with van der Waals surface area (Å²) < 4.78 is 28.2. The zero-order chi connectivity index (χ0) is 20.5. The van der Waals surface area contributed by atoms with Crippen LogP contribution in [0.2, 0.25) is 0 Å². The van der Waals surface area contributed by atoms with Gasteiger partial charge < -0.3 is 15.7 Å². The van der Waals surface area contributed by atoms with Crippen molar-refractivity contribution in [2.45, 2.75) is 33.5 Å². The number of fused-ring (bicyclic) bond motifs is 2. The Kier molecular flexibility index (Phi) is 4.97. The zero-order valence-electron chi connectivity index (χ0n) is 15.9. The van der Waals surface area contributed by atoms with Gasteiger partial charge in [0, 0.05) is 11.9 Å². The Morgan fingerprint density at radius 2 is 2.03 bits per heavy atom. The molecule has 0 aliphatic heterocycles. The van der Waals surface area contributed by atoms with E-state index in [9.17, 15) is 13.9 Å². The van der Waals surface area contributed by atoms with E-state index in [0.717, 1.165) is 5.39 Å². The van der Waals surface area contributed by atoms with Gasteiger partial charge in [-0.15, -0.1) is 0 Å². The summed E-state index contributed by atoms with van der Waals surface area (Å²) in [5.74, 6) is 0.884. The summed E-state index contributed by atoms with van der Waals surface area (Å²) in [6.07, 6.45) is -0.962. The van der Waals surface area contributed by atoms with Crippen molar-refractivity contribution < 1.29 is 13.9 Å². The van der Waals surface area contributed by atoms with Gasteiger partial charge in [0.05, 0.1) is 28.5 Å². The summed E-state index contributed by atoms with van der Waals surface area (Å²) >= 11 is 0. The quantitative estimate of drug-likeness (QED) is 0.436. The fourth-order valence-electron chi connectivity index (χ4n) is 3.31. The summed E-state index contributed by atoms with van der Waals surface area (Å²) in [5.41, 5.74) is 2.40. The number of rotatable bonds is 7. The standard InChI is InChI=1S/C18H20F2N8O/c1-3-21-16-15-10(2)26-28(9-29)17(15)25-18(24-16)23-12-5-4-6-13-11(12)7-22-27(13)8-14(19)20/h4-7,14,29H,3,8-9H2,1-2H3,(H2,21,23,24,25). The Hall–Kier alpha value is -3.34. The highest BCUT2D eigenvalue weighted by Crippen LogP contribution is 2.29. The number of aliphatic hydroxyl groups is 1. The molecule has 9 nitrogen and oxygen atoms in total. The van der Waals surface area contributed by atoms with Gasteiger partial charge >= 0.3 is 0 Å². The summed E-state index contributed by atoms with van der Waals surface area (Å²) in [7, 11) is 0. The van der Waals surface area contributed by atoms with Crippen LogP contribution in [-0.4, -0.2) is 47.6 Å². The summed E-state index contributed by atoms with van der Waals surface area (Å²) in [5, 5.41) is 25.7. The van der Waals surface area contributed by atoms with Gasteiger partial charge in [0.1, 0.15) is 19.1 Å². The number of alkyl halides is 2. The molecule has 0 amide bonds. The van der Waals surface area contributed by atoms with Crippen LogP contribution >= 0.6 is 0 Å². The normalized spacial score (nSPS) is 11.7. The van der Waals surface area contributed by atoms with Crippen molar-refractivity contribution >= 4 is 39.4 Å². The monoisotopic (exact) mass is 402 g/mol. The second kappa shape index (κ2) is 7.59. The average molecular weight is 402 g/mol. The van der Waals surface area contributed by atoms with Gasteiger partial charge in [0.25, 0.3) is 6.43 Å². The molecule has 0 aliphatic carbocycles. The molecule has 0 fully saturated rings. The molecule has 29 heavy (non-hydrogen) atoms. The van der Waals surface area contributed by atoms with E-state index in [2.05, 4.69) is 30.8 Å². The molecule has 11 heteroatoms. The lowest BCUT2D eigenvalue weighted by Gasteiger charge is -2.11. The molecule has 4 aromatic rings. The Balaban J connectivity index is 1.79. The minimum Gasteiger partial charge on any atom is -0.374 e. The lowest BCUT2D eigenvalue weighted by Crippen LogP contribution is -2.08. The number of nitrogens with zero attached hydrogens (tertiary/aromatic N) is 6. The zero-order valence-corrected chi connectivity index (χ0v) is 15.9. The molecule has 0 bridgehead atoms. The van der Waals surface area contributed by atoms with E-state index in [-0.39, 0.29) is 12.7 Å². The van der Waals surface area contributed by atoms with Gasteiger partial charge in [-0.3, -0.25) is 4.68 Å². The molecule has 3 heterocycles. The molecule has 0 spiro atoms. The molecular formula is C18H20F2N8O. The van der Waals surface area contributed by atoms with Gasteiger partial charge in [-0.2, -0.15) is 20.2 Å². The van der Waals surface area contributed by atoms with Crippen molar-refractivity contribution in [1.29, 1.82) is 0 Å². The van der Waals surface area contributed by atoms with Crippen LogP contribution < -0.4 is 10.6 Å². The lowest BCUT2D eigenvalue weighted by atomic mass is 10.2. The van der Waals surface area contributed by atoms with Crippen LogP contribution in [-0.2, 0) is 13.3 Å². The van der Waals surface area contributed by atoms with Crippen LogP contribution in [0.1, 0.15) is 12.6 Å². The number of aromatic nitrogens is 6. The second-order valence-electron chi connectivity index (χ2n) is 6.43. The van der Waals surface area contributed by atoms with Gasteiger partial charge in [0.15, 0.2) is 5.65 Å². The van der Waals surface area contributed by atoms with Crippen LogP contribution in [0.15, 0.2) is 24.4 Å². The Bertz CT molecular complexity index is 1170. The summed E-state index contributed by atoms with van der Waals surface area (Å²) in [6.45, 7) is 3.62. The highest BCUT2D eigenvalue weighted by molar-refractivity contribution is 5.94. The van der Waals surface area contributed by atoms with Gasteiger partial charge in [-0.25, -0.2) is 13.5 Å². The van der Waals surface area contributed by atoms with Gasteiger partial charge in [-0.05, 0) is 26.0 Å². The highest BCUT2D eigenvalue weighted by Gasteiger charge is 2.17. The van der Waals surface area contributed by atoms with Crippen molar-refractivity contribution in [1.82, 2.24) is 29.5 Å². The first-order valence-electron chi connectivity index (χ1n) is 9.11. The lowest BCUT2D eigenvalue weighted by molar-refractivity contribution is 0.123. The maximum absolute atomic E-state index is 12.8. The number of hydrogen-bond donors (Lipinski definition) is 3. The SMILES string of the molecule is CCNc1nc(Nc2cccc3c2cnn3CC(F)F)nc2c1c(C)nn2CO. The maximum atomic E-state index is 12.8. The van der Waals surface area contributed by atoms with Crippen molar-refractivity contribution in [2.24, 2.45) is 0 Å². The number of benzene rings is 1. The molecule has 0 atom stereocenters. The van der Waals surface area contributed by atoms with Crippen molar-refractivity contribution in [3.63, 3.8) is 0 Å². The first-order chi connectivity index (χ1) is 14.0. The third-order valence-corrected chi connectivity index (χ3v) is 4.49. The van der Waals surface area contributed by atoms with E-state index in [1.54, 1.807) is 18.2 Å². The molecule has 0 saturated carbocycles. The molecule has 0 radical (unpaired) electrons. The van der Waals surface area contributed by atoms with Crippen LogP contribution in [0.5, 0.6) is 0 Å². The molecular weight excluding hydrogens is 382 g/mol. The number of aryl methyl sites for hydroxylation is 1. The van der Waals surface area contributed by atoms with Crippen LogP contribution in [0, 0.1) is 6.92 Å². The van der Waals surface area contributed by atoms with Crippen molar-refractivity contribution in [3.8, 4) is 0 Å². The fourth-order valence-corrected chi connectivity index (χ4v) is 3.31. The van der Waals surface area contributed by atoms with Crippen LogP contribution in [0.4, 0.5) is 26.2 Å². The molecule has 3 N–H and O–H groups in total. The highest BCUT2D eigenvalue weighted by atomic mass is 19.3. The van der Waals surface area contributed by atoms with Crippen LogP contribution in [0.3, 0.4) is 0 Å². The Labute approximate surface area is 164 Å². The number of anilines is 3. The van der Waals surface area contributed by atoms with E-state index in [4.69, 9.17) is 0 Å². The number of halogens is 2. The van der Waals surface area contributed by atoms with Gasteiger partial charge in [0.2, 0.25) is 5.95 Å². The van der Waals surface area contributed by atoms with Crippen LogP contribution in [0.25, 0.3) is 21.9 Å². The number of aliphatic hydroxyl groups excluding tert-OH is 1. The fraction of sp³-hybridized carbons (Fsp3) is 0.333. The number of hydrogen-bond acceptors (Lipinski definition) is 7. The molecule has 4 rings (SSSR count). The van der Waals surface area contributed by atoms with E-state index < -0.39 is 13.0 Å². The third-order valence-electron chi connectivity index (χ3n) is 4.49. The second-order valence-corrected chi connectivity index (χ2v) is 6.43. The summed E-state index contributed by atoms with van der Waals surface area (Å²) in [6, 6.07) is 5.28. The maximum Gasteiger partial charge on any atom is 0.257 e. The topological polar surface area (TPSA) is 106 Å². The predicted octanol–water partition coefficient (Wildman–Crippen LogP) is 2.87. The number of nitrogens with one attached hydrogen (secondary N) is 2.